The summed E-state index contributed by atoms with van der Waals surface area (Å²) in [5.74, 6) is -1.51. The van der Waals surface area contributed by atoms with Gasteiger partial charge in [0.15, 0.2) is 6.61 Å². The Labute approximate surface area is 159 Å². The van der Waals surface area contributed by atoms with Crippen LogP contribution in [0.1, 0.15) is 17.3 Å². The van der Waals surface area contributed by atoms with Gasteiger partial charge in [-0.2, -0.15) is 0 Å². The first-order chi connectivity index (χ1) is 13.3. The van der Waals surface area contributed by atoms with E-state index in [4.69, 9.17) is 9.47 Å². The largest absolute Gasteiger partial charge is 0.494 e. The van der Waals surface area contributed by atoms with Gasteiger partial charge in [0.05, 0.1) is 29.4 Å². The van der Waals surface area contributed by atoms with Gasteiger partial charge in [-0.15, -0.1) is 0 Å². The predicted octanol–water partition coefficient (Wildman–Crippen LogP) is 2.36. The van der Waals surface area contributed by atoms with Crippen molar-refractivity contribution in [1.29, 1.82) is 0 Å². The second-order valence-electron chi connectivity index (χ2n) is 5.52. The van der Waals surface area contributed by atoms with E-state index in [9.17, 15) is 24.5 Å². The Hall–Kier alpha value is -3.95. The zero-order valence-corrected chi connectivity index (χ0v) is 15.1. The lowest BCUT2D eigenvalue weighted by Crippen LogP contribution is -2.21. The number of methoxy groups -OCH3 is 1. The third-order valence-corrected chi connectivity index (χ3v) is 3.45. The van der Waals surface area contributed by atoms with Crippen molar-refractivity contribution in [1.82, 2.24) is 0 Å². The number of ether oxygens (including phenoxy) is 2. The van der Waals surface area contributed by atoms with Crippen molar-refractivity contribution in [3.63, 3.8) is 0 Å². The molecule has 0 saturated carbocycles. The molecule has 2 N–H and O–H groups in total. The monoisotopic (exact) mass is 387 g/mol. The van der Waals surface area contributed by atoms with Gasteiger partial charge in [0.2, 0.25) is 5.91 Å². The molecule has 146 valence electrons. The average molecular weight is 387 g/mol. The van der Waals surface area contributed by atoms with Crippen LogP contribution < -0.4 is 15.4 Å². The van der Waals surface area contributed by atoms with Crippen molar-refractivity contribution in [3.8, 4) is 5.75 Å². The second-order valence-corrected chi connectivity index (χ2v) is 5.52. The number of carbonyl (C=O) groups is 3. The number of nitrogens with zero attached hydrogens (tertiary/aromatic N) is 1. The van der Waals surface area contributed by atoms with E-state index in [0.29, 0.717) is 5.69 Å². The summed E-state index contributed by atoms with van der Waals surface area (Å²) in [6, 6.07) is 9.64. The number of non-ortho nitro benzene ring substituents is 1. The van der Waals surface area contributed by atoms with Crippen LogP contribution in [0.2, 0.25) is 0 Å². The molecule has 2 amide bonds. The van der Waals surface area contributed by atoms with E-state index >= 15 is 0 Å². The summed E-state index contributed by atoms with van der Waals surface area (Å²) in [5, 5.41) is 15.8. The van der Waals surface area contributed by atoms with Crippen LogP contribution >= 0.6 is 0 Å². The molecule has 2 rings (SSSR count). The van der Waals surface area contributed by atoms with Gasteiger partial charge in [-0.1, -0.05) is 0 Å². The molecule has 0 aliphatic rings. The van der Waals surface area contributed by atoms with Crippen molar-refractivity contribution >= 4 is 34.8 Å². The lowest BCUT2D eigenvalue weighted by Gasteiger charge is -2.10. The van der Waals surface area contributed by atoms with Crippen molar-refractivity contribution in [2.45, 2.75) is 6.92 Å². The molecule has 0 saturated heterocycles. The highest BCUT2D eigenvalue weighted by atomic mass is 16.6. The van der Waals surface area contributed by atoms with Gasteiger partial charge in [0, 0.05) is 18.7 Å². The standard InChI is InChI=1S/C18H17N3O7/c1-11(22)19-13-5-3-12(4-6-13)18(24)28-10-17(23)20-15-8-7-14(21(25)26)9-16(15)27-2/h3-9H,10H2,1-2H3,(H,19,22)(H,20,23). The van der Waals surface area contributed by atoms with Crippen molar-refractivity contribution < 1.29 is 28.8 Å². The number of nitro benzene ring substituents is 1. The van der Waals surface area contributed by atoms with Crippen LogP contribution in [0.4, 0.5) is 17.1 Å². The van der Waals surface area contributed by atoms with Crippen LogP contribution in [0, 0.1) is 10.1 Å². The Morgan fingerprint density at radius 2 is 1.75 bits per heavy atom. The second kappa shape index (κ2) is 9.12. The molecule has 0 radical (unpaired) electrons. The van der Waals surface area contributed by atoms with Crippen molar-refractivity contribution in [2.24, 2.45) is 0 Å². The number of carbonyl (C=O) groups excluding carboxylic acids is 3. The number of nitrogens with one attached hydrogen (secondary N) is 2. The maximum absolute atomic E-state index is 12.0. The Bertz CT molecular complexity index is 910. The maximum Gasteiger partial charge on any atom is 0.338 e. The molecule has 0 aliphatic carbocycles. The summed E-state index contributed by atoms with van der Waals surface area (Å²) in [7, 11) is 1.30. The fourth-order valence-corrected chi connectivity index (χ4v) is 2.19. The predicted molar refractivity (Wildman–Crippen MR) is 99.3 cm³/mol. The van der Waals surface area contributed by atoms with E-state index in [0.717, 1.165) is 6.07 Å². The SMILES string of the molecule is COc1cc([N+](=O)[O-])ccc1NC(=O)COC(=O)c1ccc(NC(C)=O)cc1. The highest BCUT2D eigenvalue weighted by Gasteiger charge is 2.15. The van der Waals surface area contributed by atoms with Gasteiger partial charge >= 0.3 is 5.97 Å². The molecule has 2 aromatic rings. The third-order valence-electron chi connectivity index (χ3n) is 3.45. The average Bonchev–Trinajstić information content (AvgIpc) is 2.66. The molecule has 0 heterocycles. The maximum atomic E-state index is 12.0. The Morgan fingerprint density at radius 1 is 1.07 bits per heavy atom. The lowest BCUT2D eigenvalue weighted by molar-refractivity contribution is -0.384. The van der Waals surface area contributed by atoms with Gasteiger partial charge in [-0.05, 0) is 30.3 Å². The lowest BCUT2D eigenvalue weighted by atomic mass is 10.2. The molecule has 0 unspecified atom stereocenters. The van der Waals surface area contributed by atoms with E-state index in [-0.39, 0.29) is 28.6 Å². The van der Waals surface area contributed by atoms with E-state index < -0.39 is 23.4 Å². The Morgan fingerprint density at radius 3 is 2.32 bits per heavy atom. The van der Waals surface area contributed by atoms with E-state index in [1.807, 2.05) is 0 Å². The van der Waals surface area contributed by atoms with Gasteiger partial charge in [-0.25, -0.2) is 4.79 Å². The van der Waals surface area contributed by atoms with Crippen molar-refractivity contribution in [2.75, 3.05) is 24.4 Å². The van der Waals surface area contributed by atoms with E-state index in [1.165, 1.54) is 50.4 Å². The minimum atomic E-state index is -0.722. The summed E-state index contributed by atoms with van der Waals surface area (Å²) >= 11 is 0. The minimum absolute atomic E-state index is 0.0995. The number of hydrogen-bond donors (Lipinski definition) is 2. The van der Waals surface area contributed by atoms with E-state index in [2.05, 4.69) is 10.6 Å². The Kier molecular flexibility index (Phi) is 6.63. The van der Waals surface area contributed by atoms with Crippen molar-refractivity contribution in [3.05, 3.63) is 58.1 Å². The zero-order valence-electron chi connectivity index (χ0n) is 15.1. The Balaban J connectivity index is 1.94. The van der Waals surface area contributed by atoms with Crippen LogP contribution in [-0.4, -0.2) is 36.4 Å². The van der Waals surface area contributed by atoms with E-state index in [1.54, 1.807) is 0 Å². The number of anilines is 2. The molecule has 0 aromatic heterocycles. The topological polar surface area (TPSA) is 137 Å². The molecule has 0 atom stereocenters. The van der Waals surface area contributed by atoms with Gasteiger partial charge in [0.1, 0.15) is 5.75 Å². The molecule has 0 bridgehead atoms. The highest BCUT2D eigenvalue weighted by molar-refractivity contribution is 5.97. The molecule has 10 heteroatoms. The molecule has 2 aromatic carbocycles. The highest BCUT2D eigenvalue weighted by Crippen LogP contribution is 2.28. The first kappa shape index (κ1) is 20.4. The van der Waals surface area contributed by atoms with Gasteiger partial charge < -0.3 is 20.1 Å². The first-order valence-electron chi connectivity index (χ1n) is 7.97. The van der Waals surface area contributed by atoms with Crippen LogP contribution in [-0.2, 0) is 14.3 Å². The normalized spacial score (nSPS) is 9.93. The summed E-state index contributed by atoms with van der Waals surface area (Å²) < 4.78 is 9.94. The molecule has 0 fully saturated rings. The number of amides is 2. The molecule has 0 aliphatic heterocycles. The number of rotatable bonds is 7. The zero-order chi connectivity index (χ0) is 20.7. The smallest absolute Gasteiger partial charge is 0.338 e. The molecule has 0 spiro atoms. The number of hydrogen-bond acceptors (Lipinski definition) is 7. The summed E-state index contributed by atoms with van der Waals surface area (Å²) in [5.41, 5.74) is 0.736. The van der Waals surface area contributed by atoms with Gasteiger partial charge in [0.25, 0.3) is 11.6 Å². The fourth-order valence-electron chi connectivity index (χ4n) is 2.19. The van der Waals surface area contributed by atoms with Crippen LogP contribution in [0.15, 0.2) is 42.5 Å². The molecular formula is C18H17N3O7. The van der Waals surface area contributed by atoms with Crippen LogP contribution in [0.3, 0.4) is 0 Å². The summed E-state index contributed by atoms with van der Waals surface area (Å²) in [4.78, 5) is 45.1. The molecule has 28 heavy (non-hydrogen) atoms. The number of esters is 1. The minimum Gasteiger partial charge on any atom is -0.494 e. The van der Waals surface area contributed by atoms with Crippen LogP contribution in [0.25, 0.3) is 0 Å². The van der Waals surface area contributed by atoms with Crippen LogP contribution in [0.5, 0.6) is 5.75 Å². The summed E-state index contributed by atoms with van der Waals surface area (Å²) in [6.45, 7) is 0.799. The summed E-state index contributed by atoms with van der Waals surface area (Å²) in [6.07, 6.45) is 0. The molecule has 10 nitrogen and oxygen atoms in total. The third kappa shape index (κ3) is 5.53. The quantitative estimate of drug-likeness (QED) is 0.423. The number of benzene rings is 2. The number of nitro groups is 1. The van der Waals surface area contributed by atoms with Gasteiger partial charge in [-0.3, -0.25) is 19.7 Å². The first-order valence-corrected chi connectivity index (χ1v) is 7.97. The fraction of sp³-hybridized carbons (Fsp3) is 0.167. The molecular weight excluding hydrogens is 370 g/mol.